The summed E-state index contributed by atoms with van der Waals surface area (Å²) in [4.78, 5) is 23.3. The Balaban J connectivity index is 1.79. The third-order valence-corrected chi connectivity index (χ3v) is 3.91. The predicted molar refractivity (Wildman–Crippen MR) is 112 cm³/mol. The average Bonchev–Trinajstić information content (AvgIpc) is 2.73. The van der Waals surface area contributed by atoms with E-state index in [-0.39, 0.29) is 26.4 Å². The van der Waals surface area contributed by atoms with Gasteiger partial charge in [0.25, 0.3) is 0 Å². The van der Waals surface area contributed by atoms with Gasteiger partial charge >= 0.3 is 12.1 Å². The largest absolute Gasteiger partial charge is 0.491 e. The van der Waals surface area contributed by atoms with Crippen molar-refractivity contribution in [3.63, 3.8) is 0 Å². The number of carbonyl (C=O) groups excluding carboxylic acids is 2. The Morgan fingerprint density at radius 2 is 1.63 bits per heavy atom. The van der Waals surface area contributed by atoms with E-state index < -0.39 is 12.1 Å². The van der Waals surface area contributed by atoms with Gasteiger partial charge in [0.2, 0.25) is 0 Å². The molecule has 1 amide bonds. The number of hydrogen-bond acceptors (Lipinski definition) is 7. The number of carbonyl (C=O) groups is 2. The number of rotatable bonds is 12. The van der Waals surface area contributed by atoms with Crippen LogP contribution in [0.2, 0.25) is 0 Å². The van der Waals surface area contributed by atoms with E-state index in [1.54, 1.807) is 26.2 Å². The van der Waals surface area contributed by atoms with E-state index in [4.69, 9.17) is 23.7 Å². The fourth-order valence-corrected chi connectivity index (χ4v) is 2.48. The second-order valence-electron chi connectivity index (χ2n) is 6.29. The molecule has 0 bridgehead atoms. The first-order valence-electron chi connectivity index (χ1n) is 9.52. The maximum Gasteiger partial charge on any atom is 0.412 e. The molecule has 0 saturated carbocycles. The molecule has 1 N–H and O–H groups in total. The van der Waals surface area contributed by atoms with Crippen LogP contribution in [0.25, 0.3) is 10.8 Å². The van der Waals surface area contributed by atoms with Gasteiger partial charge in [-0.25, -0.2) is 9.59 Å². The quantitative estimate of drug-likeness (QED) is 0.322. The van der Waals surface area contributed by atoms with Crippen LogP contribution in [-0.2, 0) is 19.0 Å². The molecule has 0 aliphatic heterocycles. The lowest BCUT2D eigenvalue weighted by atomic mass is 10.1. The van der Waals surface area contributed by atoms with E-state index in [1.807, 2.05) is 24.3 Å². The van der Waals surface area contributed by atoms with Gasteiger partial charge in [0.05, 0.1) is 19.8 Å². The van der Waals surface area contributed by atoms with Gasteiger partial charge in [-0.2, -0.15) is 0 Å². The highest BCUT2D eigenvalue weighted by Crippen LogP contribution is 2.32. The molecule has 0 unspecified atom stereocenters. The van der Waals surface area contributed by atoms with E-state index in [0.29, 0.717) is 30.3 Å². The van der Waals surface area contributed by atoms with Crippen LogP contribution < -0.4 is 14.8 Å². The zero-order valence-corrected chi connectivity index (χ0v) is 17.3. The molecule has 2 aromatic carbocycles. The lowest BCUT2D eigenvalue weighted by molar-refractivity contribution is -0.140. The molecule has 8 heteroatoms. The van der Waals surface area contributed by atoms with Crippen molar-refractivity contribution in [2.75, 3.05) is 46.7 Å². The minimum absolute atomic E-state index is 0.126. The first-order valence-corrected chi connectivity index (χ1v) is 9.52. The van der Waals surface area contributed by atoms with Crippen molar-refractivity contribution in [1.29, 1.82) is 0 Å². The molecule has 0 radical (unpaired) electrons. The maximum atomic E-state index is 12.1. The van der Waals surface area contributed by atoms with Crippen molar-refractivity contribution in [3.05, 3.63) is 48.6 Å². The minimum atomic E-state index is -0.592. The first kappa shape index (κ1) is 23.2. The van der Waals surface area contributed by atoms with Gasteiger partial charge in [-0.1, -0.05) is 30.8 Å². The van der Waals surface area contributed by atoms with Crippen LogP contribution in [0, 0.1) is 0 Å². The molecular formula is C22H27NO7. The maximum absolute atomic E-state index is 12.1. The van der Waals surface area contributed by atoms with Gasteiger partial charge < -0.3 is 29.0 Å². The zero-order valence-electron chi connectivity index (χ0n) is 17.3. The molecule has 0 heterocycles. The van der Waals surface area contributed by atoms with Crippen LogP contribution in [0.3, 0.4) is 0 Å². The number of esters is 1. The number of amides is 1. The molecular weight excluding hydrogens is 390 g/mol. The van der Waals surface area contributed by atoms with Crippen LogP contribution in [0.15, 0.2) is 48.6 Å². The van der Waals surface area contributed by atoms with E-state index in [1.165, 1.54) is 0 Å². The van der Waals surface area contributed by atoms with E-state index >= 15 is 0 Å². The monoisotopic (exact) mass is 417 g/mol. The van der Waals surface area contributed by atoms with Crippen LogP contribution in [-0.4, -0.2) is 58.8 Å². The first-order chi connectivity index (χ1) is 14.5. The highest BCUT2D eigenvalue weighted by atomic mass is 16.6. The van der Waals surface area contributed by atoms with Crippen molar-refractivity contribution >= 4 is 22.8 Å². The van der Waals surface area contributed by atoms with E-state index in [9.17, 15) is 9.59 Å². The topological polar surface area (TPSA) is 92.3 Å². The Kier molecular flexibility index (Phi) is 9.63. The molecule has 0 aromatic heterocycles. The van der Waals surface area contributed by atoms with E-state index in [2.05, 4.69) is 11.9 Å². The summed E-state index contributed by atoms with van der Waals surface area (Å²) in [5.41, 5.74) is 0.335. The molecule has 0 atom stereocenters. The summed E-state index contributed by atoms with van der Waals surface area (Å²) >= 11 is 0. The Morgan fingerprint density at radius 3 is 2.33 bits per heavy atom. The number of fused-ring (bicyclic) bond motifs is 1. The summed E-state index contributed by atoms with van der Waals surface area (Å²) in [6.07, 6.45) is -0.592. The summed E-state index contributed by atoms with van der Waals surface area (Å²) in [6.45, 7) is 6.83. The molecule has 30 heavy (non-hydrogen) atoms. The highest BCUT2D eigenvalue weighted by Gasteiger charge is 2.10. The Bertz CT molecular complexity index is 866. The van der Waals surface area contributed by atoms with Crippen molar-refractivity contribution in [2.45, 2.75) is 6.92 Å². The van der Waals surface area contributed by atoms with Gasteiger partial charge in [-0.3, -0.25) is 0 Å². The molecule has 8 nitrogen and oxygen atoms in total. The number of hydrogen-bond donors (Lipinski definition) is 1. The number of methoxy groups -OCH3 is 1. The van der Waals surface area contributed by atoms with Crippen LogP contribution in [0.4, 0.5) is 4.79 Å². The van der Waals surface area contributed by atoms with Crippen LogP contribution >= 0.6 is 0 Å². The van der Waals surface area contributed by atoms with Gasteiger partial charge in [-0.15, -0.1) is 0 Å². The number of ether oxygens (including phenoxy) is 5. The standard InChI is InChI=1S/C22H27NO7/c1-16(2)21(24)29-15-13-27-11-10-23-22(25)30-20-9-5-6-17-18(20)7-4-8-19(17)28-14-12-26-3/h4-9H,1,10-15H2,2-3H3,(H,23,25). The second-order valence-corrected chi connectivity index (χ2v) is 6.29. The SMILES string of the molecule is C=C(C)C(=O)OCCOCCNC(=O)Oc1cccc2c(OCCOC)cccc12. The molecule has 2 aromatic rings. The lowest BCUT2D eigenvalue weighted by Gasteiger charge is -2.12. The lowest BCUT2D eigenvalue weighted by Crippen LogP contribution is -2.30. The fourth-order valence-electron chi connectivity index (χ4n) is 2.48. The summed E-state index contributed by atoms with van der Waals surface area (Å²) in [6, 6.07) is 11.0. The smallest absolute Gasteiger partial charge is 0.412 e. The van der Waals surface area contributed by atoms with Crippen molar-refractivity contribution < 1.29 is 33.3 Å². The van der Waals surface area contributed by atoms with Crippen molar-refractivity contribution in [1.82, 2.24) is 5.32 Å². The molecule has 2 rings (SSSR count). The van der Waals surface area contributed by atoms with Crippen molar-refractivity contribution in [3.8, 4) is 11.5 Å². The minimum Gasteiger partial charge on any atom is -0.491 e. The van der Waals surface area contributed by atoms with Gasteiger partial charge in [0, 0.05) is 30.0 Å². The number of benzene rings is 2. The van der Waals surface area contributed by atoms with Gasteiger partial charge in [-0.05, 0) is 19.1 Å². The second kappa shape index (κ2) is 12.5. The zero-order chi connectivity index (χ0) is 21.8. The normalized spacial score (nSPS) is 10.5. The summed E-state index contributed by atoms with van der Waals surface area (Å²) < 4.78 is 26.3. The molecule has 0 aliphatic rings. The number of nitrogens with one attached hydrogen (secondary N) is 1. The van der Waals surface area contributed by atoms with Gasteiger partial charge in [0.15, 0.2) is 0 Å². The fraction of sp³-hybridized carbons (Fsp3) is 0.364. The van der Waals surface area contributed by atoms with Gasteiger partial charge in [0.1, 0.15) is 24.7 Å². The summed E-state index contributed by atoms with van der Waals surface area (Å²) in [5.74, 6) is 0.661. The third kappa shape index (κ3) is 7.38. The summed E-state index contributed by atoms with van der Waals surface area (Å²) in [7, 11) is 1.61. The van der Waals surface area contributed by atoms with E-state index in [0.717, 1.165) is 10.8 Å². The van der Waals surface area contributed by atoms with Crippen LogP contribution in [0.5, 0.6) is 11.5 Å². The Morgan fingerprint density at radius 1 is 0.933 bits per heavy atom. The molecule has 0 spiro atoms. The highest BCUT2D eigenvalue weighted by molar-refractivity contribution is 5.94. The Hall–Kier alpha value is -3.10. The Labute approximate surface area is 175 Å². The molecule has 0 aliphatic carbocycles. The van der Waals surface area contributed by atoms with Crippen LogP contribution in [0.1, 0.15) is 6.92 Å². The summed E-state index contributed by atoms with van der Waals surface area (Å²) in [5, 5.41) is 4.22. The predicted octanol–water partition coefficient (Wildman–Crippen LogP) is 3.09. The third-order valence-electron chi connectivity index (χ3n) is 3.91. The molecule has 0 fully saturated rings. The molecule has 0 saturated heterocycles. The van der Waals surface area contributed by atoms with Crippen molar-refractivity contribution in [2.24, 2.45) is 0 Å². The average molecular weight is 417 g/mol. The molecule has 162 valence electrons.